The fraction of sp³-hybridized carbons (Fsp3) is 0.423. The number of likely N-dealkylation sites (tertiary alicyclic amines) is 1. The molecule has 1 saturated heterocycles. The minimum Gasteiger partial charge on any atom is -0.354 e. The van der Waals surface area contributed by atoms with Gasteiger partial charge in [0, 0.05) is 30.8 Å². The Morgan fingerprint density at radius 2 is 1.75 bits per heavy atom. The molecular formula is C26H33N3O3. The summed E-state index contributed by atoms with van der Waals surface area (Å²) in [5, 5.41) is 5.90. The summed E-state index contributed by atoms with van der Waals surface area (Å²) in [6.45, 7) is 7.57. The molecule has 0 unspecified atom stereocenters. The lowest BCUT2D eigenvalue weighted by atomic mass is 9.88. The van der Waals surface area contributed by atoms with Gasteiger partial charge in [0.25, 0.3) is 11.8 Å². The third-order valence-electron chi connectivity index (χ3n) is 6.07. The van der Waals surface area contributed by atoms with E-state index in [1.165, 1.54) is 0 Å². The van der Waals surface area contributed by atoms with E-state index in [9.17, 15) is 14.4 Å². The molecule has 1 atom stereocenters. The molecule has 0 bridgehead atoms. The Balaban J connectivity index is 1.69. The van der Waals surface area contributed by atoms with Crippen molar-refractivity contribution < 1.29 is 14.4 Å². The zero-order chi connectivity index (χ0) is 23.1. The minimum absolute atomic E-state index is 0.0253. The second-order valence-corrected chi connectivity index (χ2v) is 8.56. The van der Waals surface area contributed by atoms with Gasteiger partial charge < -0.3 is 15.5 Å². The first-order valence-electron chi connectivity index (χ1n) is 11.4. The van der Waals surface area contributed by atoms with Crippen molar-refractivity contribution in [2.24, 2.45) is 5.92 Å². The second kappa shape index (κ2) is 10.9. The smallest absolute Gasteiger partial charge is 0.254 e. The van der Waals surface area contributed by atoms with Crippen LogP contribution in [0, 0.1) is 19.8 Å². The molecule has 1 fully saturated rings. The molecule has 1 heterocycles. The maximum absolute atomic E-state index is 12.9. The average molecular weight is 436 g/mol. The Labute approximate surface area is 190 Å². The van der Waals surface area contributed by atoms with E-state index in [2.05, 4.69) is 10.6 Å². The summed E-state index contributed by atoms with van der Waals surface area (Å²) in [5.74, 6) is -0.404. The average Bonchev–Trinajstić information content (AvgIpc) is 2.81. The zero-order valence-corrected chi connectivity index (χ0v) is 19.2. The van der Waals surface area contributed by atoms with E-state index in [1.807, 2.05) is 68.1 Å². The molecule has 0 aromatic heterocycles. The van der Waals surface area contributed by atoms with E-state index >= 15 is 0 Å². The van der Waals surface area contributed by atoms with E-state index in [-0.39, 0.29) is 23.6 Å². The van der Waals surface area contributed by atoms with Crippen LogP contribution in [0.5, 0.6) is 0 Å². The van der Waals surface area contributed by atoms with Crippen LogP contribution in [0.1, 0.15) is 58.0 Å². The van der Waals surface area contributed by atoms with Gasteiger partial charge in [-0.1, -0.05) is 42.8 Å². The first kappa shape index (κ1) is 23.5. The summed E-state index contributed by atoms with van der Waals surface area (Å²) in [6.07, 6.45) is 2.15. The summed E-state index contributed by atoms with van der Waals surface area (Å²) in [7, 11) is 0. The largest absolute Gasteiger partial charge is 0.354 e. The van der Waals surface area contributed by atoms with Crippen molar-refractivity contribution in [3.8, 4) is 0 Å². The molecular weight excluding hydrogens is 402 g/mol. The van der Waals surface area contributed by atoms with Crippen molar-refractivity contribution in [2.75, 3.05) is 19.6 Å². The van der Waals surface area contributed by atoms with Gasteiger partial charge in [-0.2, -0.15) is 0 Å². The van der Waals surface area contributed by atoms with Crippen LogP contribution in [0.25, 0.3) is 0 Å². The van der Waals surface area contributed by atoms with Crippen molar-refractivity contribution in [2.45, 2.75) is 46.1 Å². The van der Waals surface area contributed by atoms with Gasteiger partial charge in [0.05, 0.1) is 0 Å². The number of benzene rings is 2. The van der Waals surface area contributed by atoms with Crippen LogP contribution >= 0.6 is 0 Å². The fourth-order valence-corrected chi connectivity index (χ4v) is 4.19. The summed E-state index contributed by atoms with van der Waals surface area (Å²) in [4.78, 5) is 40.6. The third-order valence-corrected chi connectivity index (χ3v) is 6.07. The predicted octanol–water partition coefficient (Wildman–Crippen LogP) is 3.48. The fourth-order valence-electron chi connectivity index (χ4n) is 4.19. The molecule has 0 radical (unpaired) electrons. The van der Waals surface area contributed by atoms with Gasteiger partial charge in [0.15, 0.2) is 0 Å². The van der Waals surface area contributed by atoms with Crippen LogP contribution < -0.4 is 10.6 Å². The van der Waals surface area contributed by atoms with Crippen LogP contribution in [-0.2, 0) is 4.79 Å². The van der Waals surface area contributed by atoms with Crippen molar-refractivity contribution >= 4 is 17.7 Å². The lowest BCUT2D eigenvalue weighted by molar-refractivity contribution is -0.124. The molecule has 6 nitrogen and oxygen atoms in total. The minimum atomic E-state index is -0.620. The molecule has 0 aliphatic carbocycles. The van der Waals surface area contributed by atoms with E-state index in [1.54, 1.807) is 6.07 Å². The monoisotopic (exact) mass is 435 g/mol. The summed E-state index contributed by atoms with van der Waals surface area (Å²) in [6, 6.07) is 14.3. The Morgan fingerprint density at radius 3 is 2.41 bits per heavy atom. The number of aryl methyl sites for hydroxylation is 2. The highest BCUT2D eigenvalue weighted by Crippen LogP contribution is 2.24. The molecule has 0 spiro atoms. The van der Waals surface area contributed by atoms with Gasteiger partial charge in [-0.25, -0.2) is 0 Å². The number of hydrogen-bond donors (Lipinski definition) is 2. The normalized spacial score (nSPS) is 15.2. The first-order valence-corrected chi connectivity index (χ1v) is 11.4. The molecule has 1 aliphatic rings. The number of nitrogens with one attached hydrogen (secondary N) is 2. The topological polar surface area (TPSA) is 78.5 Å². The van der Waals surface area contributed by atoms with Gasteiger partial charge in [-0.05, 0) is 62.8 Å². The quantitative estimate of drug-likeness (QED) is 0.699. The molecule has 2 aromatic carbocycles. The summed E-state index contributed by atoms with van der Waals surface area (Å²) in [5.41, 5.74) is 3.22. The zero-order valence-electron chi connectivity index (χ0n) is 19.2. The molecule has 6 heteroatoms. The highest BCUT2D eigenvalue weighted by Gasteiger charge is 2.34. The van der Waals surface area contributed by atoms with Crippen LogP contribution in [-0.4, -0.2) is 48.3 Å². The molecule has 32 heavy (non-hydrogen) atoms. The van der Waals surface area contributed by atoms with E-state index in [0.717, 1.165) is 23.1 Å². The van der Waals surface area contributed by atoms with Gasteiger partial charge in [0.1, 0.15) is 6.04 Å². The van der Waals surface area contributed by atoms with Gasteiger partial charge in [-0.3, -0.25) is 14.4 Å². The first-order chi connectivity index (χ1) is 15.4. The lowest BCUT2D eigenvalue weighted by Crippen LogP contribution is -2.54. The number of piperidine rings is 1. The SMILES string of the molecule is CCCNC(=O)[C@H](NC(=O)c1cccc(C)c1)C1CCN(C(=O)c2ccccc2C)CC1. The van der Waals surface area contributed by atoms with Gasteiger partial charge in [0.2, 0.25) is 5.91 Å². The predicted molar refractivity (Wildman–Crippen MR) is 126 cm³/mol. The molecule has 3 amide bonds. The van der Waals surface area contributed by atoms with Crippen LogP contribution in [0.2, 0.25) is 0 Å². The number of nitrogens with zero attached hydrogens (tertiary/aromatic N) is 1. The highest BCUT2D eigenvalue weighted by atomic mass is 16.2. The second-order valence-electron chi connectivity index (χ2n) is 8.56. The van der Waals surface area contributed by atoms with Crippen molar-refractivity contribution in [1.82, 2.24) is 15.5 Å². The Bertz CT molecular complexity index is 964. The Kier molecular flexibility index (Phi) is 8.03. The van der Waals surface area contributed by atoms with E-state index < -0.39 is 6.04 Å². The van der Waals surface area contributed by atoms with Crippen molar-refractivity contribution in [3.05, 3.63) is 70.8 Å². The molecule has 0 saturated carbocycles. The maximum atomic E-state index is 12.9. The third kappa shape index (κ3) is 5.75. The van der Waals surface area contributed by atoms with E-state index in [0.29, 0.717) is 38.0 Å². The van der Waals surface area contributed by atoms with Crippen molar-refractivity contribution in [3.63, 3.8) is 0 Å². The molecule has 170 valence electrons. The molecule has 2 N–H and O–H groups in total. The number of hydrogen-bond acceptors (Lipinski definition) is 3. The summed E-state index contributed by atoms with van der Waals surface area (Å²) >= 11 is 0. The van der Waals surface area contributed by atoms with Gasteiger partial charge in [-0.15, -0.1) is 0 Å². The number of amides is 3. The van der Waals surface area contributed by atoms with Crippen LogP contribution in [0.3, 0.4) is 0 Å². The van der Waals surface area contributed by atoms with Gasteiger partial charge >= 0.3 is 0 Å². The van der Waals surface area contributed by atoms with E-state index in [4.69, 9.17) is 0 Å². The molecule has 1 aliphatic heterocycles. The van der Waals surface area contributed by atoms with Crippen LogP contribution in [0.4, 0.5) is 0 Å². The molecule has 3 rings (SSSR count). The standard InChI is InChI=1S/C26H33N3O3/c1-4-14-27-25(31)23(28-24(30)21-10-7-8-18(2)17-21)20-12-15-29(16-13-20)26(32)22-11-6-5-9-19(22)3/h5-11,17,20,23H,4,12-16H2,1-3H3,(H,27,31)(H,28,30)/t23-/m1/s1. The highest BCUT2D eigenvalue weighted by molar-refractivity contribution is 5.98. The number of carbonyl (C=O) groups excluding carboxylic acids is 3. The lowest BCUT2D eigenvalue weighted by Gasteiger charge is -2.36. The van der Waals surface area contributed by atoms with Crippen molar-refractivity contribution in [1.29, 1.82) is 0 Å². The summed E-state index contributed by atoms with van der Waals surface area (Å²) < 4.78 is 0. The number of carbonyl (C=O) groups is 3. The Morgan fingerprint density at radius 1 is 1.03 bits per heavy atom. The molecule has 2 aromatic rings. The van der Waals surface area contributed by atoms with Crippen LogP contribution in [0.15, 0.2) is 48.5 Å². The maximum Gasteiger partial charge on any atom is 0.254 e. The Hall–Kier alpha value is -3.15. The number of rotatable bonds is 7.